The second-order valence-corrected chi connectivity index (χ2v) is 7.59. The quantitative estimate of drug-likeness (QED) is 0.350. The zero-order chi connectivity index (χ0) is 18.3. The topological polar surface area (TPSA) is 46.6 Å². The SMILES string of the molecule is CCCCCCCCCCCOC(=O)CN(C)C(=O)Cc1cccs1. The Morgan fingerprint density at radius 3 is 2.28 bits per heavy atom. The van der Waals surface area contributed by atoms with Crippen molar-refractivity contribution in [3.8, 4) is 0 Å². The Kier molecular flexibility index (Phi) is 12.0. The van der Waals surface area contributed by atoms with Gasteiger partial charge in [-0.3, -0.25) is 9.59 Å². The molecule has 1 aromatic rings. The molecule has 142 valence electrons. The Morgan fingerprint density at radius 2 is 1.68 bits per heavy atom. The fourth-order valence-electron chi connectivity index (χ4n) is 2.62. The van der Waals surface area contributed by atoms with Gasteiger partial charge in [-0.1, -0.05) is 64.4 Å². The number of hydrogen-bond acceptors (Lipinski definition) is 4. The van der Waals surface area contributed by atoms with Gasteiger partial charge in [0, 0.05) is 11.9 Å². The second kappa shape index (κ2) is 13.9. The van der Waals surface area contributed by atoms with Crippen LogP contribution in [0.5, 0.6) is 0 Å². The molecular formula is C20H33NO3S. The Balaban J connectivity index is 1.98. The smallest absolute Gasteiger partial charge is 0.325 e. The number of amides is 1. The monoisotopic (exact) mass is 367 g/mol. The molecule has 1 aromatic heterocycles. The number of esters is 1. The summed E-state index contributed by atoms with van der Waals surface area (Å²) in [7, 11) is 1.65. The molecule has 0 saturated carbocycles. The van der Waals surface area contributed by atoms with Crippen LogP contribution >= 0.6 is 11.3 Å². The third-order valence-corrected chi connectivity index (χ3v) is 5.08. The molecule has 0 atom stereocenters. The summed E-state index contributed by atoms with van der Waals surface area (Å²) in [5, 5.41) is 1.95. The van der Waals surface area contributed by atoms with Crippen molar-refractivity contribution in [2.75, 3.05) is 20.2 Å². The highest BCUT2D eigenvalue weighted by molar-refractivity contribution is 7.10. The van der Waals surface area contributed by atoms with Gasteiger partial charge in [0.1, 0.15) is 6.54 Å². The molecule has 0 unspecified atom stereocenters. The van der Waals surface area contributed by atoms with E-state index >= 15 is 0 Å². The lowest BCUT2D eigenvalue weighted by molar-refractivity contribution is -0.148. The van der Waals surface area contributed by atoms with Crippen LogP contribution in [0.1, 0.15) is 69.6 Å². The van der Waals surface area contributed by atoms with Gasteiger partial charge in [-0.05, 0) is 17.9 Å². The second-order valence-electron chi connectivity index (χ2n) is 6.55. The predicted octanol–water partition coefficient (Wildman–Crippen LogP) is 4.82. The van der Waals surface area contributed by atoms with Crippen LogP contribution in [-0.4, -0.2) is 37.0 Å². The van der Waals surface area contributed by atoms with Gasteiger partial charge in [0.05, 0.1) is 13.0 Å². The average molecular weight is 368 g/mol. The molecule has 0 aliphatic rings. The first kappa shape index (κ1) is 21.7. The third kappa shape index (κ3) is 11.0. The van der Waals surface area contributed by atoms with Crippen LogP contribution < -0.4 is 0 Å². The first-order chi connectivity index (χ1) is 12.1. The van der Waals surface area contributed by atoms with Crippen LogP contribution in [0, 0.1) is 0 Å². The fourth-order valence-corrected chi connectivity index (χ4v) is 3.32. The molecule has 0 fully saturated rings. The first-order valence-corrected chi connectivity index (χ1v) is 10.4. The summed E-state index contributed by atoms with van der Waals surface area (Å²) in [6.45, 7) is 2.72. The molecule has 1 rings (SSSR count). The lowest BCUT2D eigenvalue weighted by Gasteiger charge is -2.15. The molecule has 0 aliphatic heterocycles. The summed E-state index contributed by atoms with van der Waals surface area (Å²) in [4.78, 5) is 26.3. The number of ether oxygens (including phenoxy) is 1. The van der Waals surface area contributed by atoms with E-state index in [2.05, 4.69) is 6.92 Å². The van der Waals surface area contributed by atoms with Crippen LogP contribution in [0.4, 0.5) is 0 Å². The molecular weight excluding hydrogens is 334 g/mol. The van der Waals surface area contributed by atoms with Crippen molar-refractivity contribution in [2.45, 2.75) is 71.1 Å². The highest BCUT2D eigenvalue weighted by Crippen LogP contribution is 2.11. The van der Waals surface area contributed by atoms with E-state index in [9.17, 15) is 9.59 Å². The highest BCUT2D eigenvalue weighted by Gasteiger charge is 2.14. The van der Waals surface area contributed by atoms with Crippen LogP contribution in [0.3, 0.4) is 0 Å². The molecule has 1 heterocycles. The van der Waals surface area contributed by atoms with Gasteiger partial charge in [0.25, 0.3) is 0 Å². The Hall–Kier alpha value is -1.36. The number of thiophene rings is 1. The summed E-state index contributed by atoms with van der Waals surface area (Å²) in [5.74, 6) is -0.371. The van der Waals surface area contributed by atoms with Gasteiger partial charge in [-0.25, -0.2) is 0 Å². The van der Waals surface area contributed by atoms with Crippen molar-refractivity contribution < 1.29 is 14.3 Å². The number of nitrogens with zero attached hydrogens (tertiary/aromatic N) is 1. The molecule has 0 bridgehead atoms. The average Bonchev–Trinajstić information content (AvgIpc) is 3.09. The van der Waals surface area contributed by atoms with E-state index < -0.39 is 0 Å². The number of likely N-dealkylation sites (N-methyl/N-ethyl adjacent to an activating group) is 1. The van der Waals surface area contributed by atoms with Gasteiger partial charge in [0.2, 0.25) is 5.91 Å². The van der Waals surface area contributed by atoms with Gasteiger partial charge < -0.3 is 9.64 Å². The summed E-state index contributed by atoms with van der Waals surface area (Å²) in [6, 6.07) is 3.85. The lowest BCUT2D eigenvalue weighted by Crippen LogP contribution is -2.34. The Bertz CT molecular complexity index is 473. The number of carbonyl (C=O) groups is 2. The van der Waals surface area contributed by atoms with E-state index in [0.717, 1.165) is 17.7 Å². The number of hydrogen-bond donors (Lipinski definition) is 0. The molecule has 0 N–H and O–H groups in total. The van der Waals surface area contributed by atoms with Gasteiger partial charge in [-0.2, -0.15) is 0 Å². The number of rotatable bonds is 14. The van der Waals surface area contributed by atoms with Crippen molar-refractivity contribution in [1.82, 2.24) is 4.90 Å². The third-order valence-electron chi connectivity index (χ3n) is 4.21. The molecule has 25 heavy (non-hydrogen) atoms. The maximum Gasteiger partial charge on any atom is 0.325 e. The van der Waals surface area contributed by atoms with Crippen molar-refractivity contribution in [3.63, 3.8) is 0 Å². The standard InChI is InChI=1S/C20H33NO3S/c1-3-4-5-6-7-8-9-10-11-14-24-20(23)17-21(2)19(22)16-18-13-12-15-25-18/h12-13,15H,3-11,14,16-17H2,1-2H3. The summed E-state index contributed by atoms with van der Waals surface area (Å²) in [6.07, 6.45) is 11.5. The number of unbranched alkanes of at least 4 members (excludes halogenated alkanes) is 8. The normalized spacial score (nSPS) is 10.6. The minimum Gasteiger partial charge on any atom is -0.464 e. The summed E-state index contributed by atoms with van der Waals surface area (Å²) < 4.78 is 5.23. The van der Waals surface area contributed by atoms with Crippen molar-refractivity contribution in [2.24, 2.45) is 0 Å². The predicted molar refractivity (Wildman–Crippen MR) is 104 cm³/mol. The molecule has 4 nitrogen and oxygen atoms in total. The largest absolute Gasteiger partial charge is 0.464 e. The summed E-state index contributed by atoms with van der Waals surface area (Å²) >= 11 is 1.55. The zero-order valence-corrected chi connectivity index (χ0v) is 16.6. The van der Waals surface area contributed by atoms with Crippen LogP contribution in [0.25, 0.3) is 0 Å². The highest BCUT2D eigenvalue weighted by atomic mass is 32.1. The fraction of sp³-hybridized carbons (Fsp3) is 0.700. The van der Waals surface area contributed by atoms with E-state index in [1.165, 1.54) is 49.8 Å². The Labute approximate surface area is 156 Å². The zero-order valence-electron chi connectivity index (χ0n) is 15.8. The van der Waals surface area contributed by atoms with E-state index in [4.69, 9.17) is 4.74 Å². The molecule has 5 heteroatoms. The first-order valence-electron chi connectivity index (χ1n) is 9.55. The molecule has 0 aromatic carbocycles. The van der Waals surface area contributed by atoms with E-state index in [-0.39, 0.29) is 18.4 Å². The van der Waals surface area contributed by atoms with Crippen molar-refractivity contribution >= 4 is 23.2 Å². The van der Waals surface area contributed by atoms with E-state index in [0.29, 0.717) is 13.0 Å². The van der Waals surface area contributed by atoms with Crippen molar-refractivity contribution in [3.05, 3.63) is 22.4 Å². The van der Waals surface area contributed by atoms with Gasteiger partial charge in [-0.15, -0.1) is 11.3 Å². The maximum absolute atomic E-state index is 12.0. The molecule has 0 radical (unpaired) electrons. The maximum atomic E-state index is 12.0. The molecule has 0 spiro atoms. The van der Waals surface area contributed by atoms with E-state index in [1.807, 2.05) is 17.5 Å². The molecule has 1 amide bonds. The van der Waals surface area contributed by atoms with Crippen LogP contribution in [0.2, 0.25) is 0 Å². The Morgan fingerprint density at radius 1 is 1.04 bits per heavy atom. The van der Waals surface area contributed by atoms with E-state index in [1.54, 1.807) is 18.4 Å². The number of carbonyl (C=O) groups excluding carboxylic acids is 2. The van der Waals surface area contributed by atoms with Gasteiger partial charge >= 0.3 is 5.97 Å². The van der Waals surface area contributed by atoms with Crippen LogP contribution in [-0.2, 0) is 20.7 Å². The van der Waals surface area contributed by atoms with Crippen LogP contribution in [0.15, 0.2) is 17.5 Å². The van der Waals surface area contributed by atoms with Gasteiger partial charge in [0.15, 0.2) is 0 Å². The molecule has 0 saturated heterocycles. The molecule has 0 aliphatic carbocycles. The minimum atomic E-state index is -0.318. The van der Waals surface area contributed by atoms with Crippen molar-refractivity contribution in [1.29, 1.82) is 0 Å². The summed E-state index contributed by atoms with van der Waals surface area (Å²) in [5.41, 5.74) is 0. The minimum absolute atomic E-state index is 0.0294. The lowest BCUT2D eigenvalue weighted by atomic mass is 10.1.